The van der Waals surface area contributed by atoms with Gasteiger partial charge in [0.25, 0.3) is 0 Å². The number of benzene rings is 1. The van der Waals surface area contributed by atoms with Gasteiger partial charge in [-0.3, -0.25) is 0 Å². The van der Waals surface area contributed by atoms with Crippen molar-refractivity contribution in [1.29, 1.82) is 0 Å². The molecule has 0 aliphatic carbocycles. The van der Waals surface area contributed by atoms with E-state index in [2.05, 4.69) is 20.8 Å². The lowest BCUT2D eigenvalue weighted by molar-refractivity contribution is 0.0474. The standard InChI is InChI=1S/C17H26O2/c1-4-5-9-14(2)15(3)12-13-19-17(18)16-10-7-6-8-11-16/h6-8,10-11,14-15H,4-5,9,12-13H2,1-3H3. The van der Waals surface area contributed by atoms with E-state index in [1.165, 1.54) is 19.3 Å². The Morgan fingerprint density at radius 1 is 1.11 bits per heavy atom. The van der Waals surface area contributed by atoms with Gasteiger partial charge in [0.2, 0.25) is 0 Å². The Morgan fingerprint density at radius 2 is 1.74 bits per heavy atom. The highest BCUT2D eigenvalue weighted by molar-refractivity contribution is 5.89. The number of esters is 1. The average Bonchev–Trinajstić information content (AvgIpc) is 2.45. The lowest BCUT2D eigenvalue weighted by atomic mass is 9.89. The predicted octanol–water partition coefficient (Wildman–Crippen LogP) is 4.70. The molecule has 0 aliphatic rings. The smallest absolute Gasteiger partial charge is 0.338 e. The number of carbonyl (C=O) groups is 1. The molecule has 0 saturated carbocycles. The first-order valence-corrected chi connectivity index (χ1v) is 7.37. The van der Waals surface area contributed by atoms with Crippen molar-refractivity contribution >= 4 is 5.97 Å². The molecule has 2 heteroatoms. The van der Waals surface area contributed by atoms with Gasteiger partial charge in [0.1, 0.15) is 0 Å². The van der Waals surface area contributed by atoms with Gasteiger partial charge in [-0.25, -0.2) is 4.79 Å². The number of rotatable bonds is 8. The molecular formula is C17H26O2. The van der Waals surface area contributed by atoms with Crippen LogP contribution < -0.4 is 0 Å². The fourth-order valence-corrected chi connectivity index (χ4v) is 2.09. The summed E-state index contributed by atoms with van der Waals surface area (Å²) in [5, 5.41) is 0. The SMILES string of the molecule is CCCCC(C)C(C)CCOC(=O)c1ccccc1. The zero-order chi connectivity index (χ0) is 14.1. The molecule has 0 amide bonds. The third-order valence-corrected chi connectivity index (χ3v) is 3.80. The first-order chi connectivity index (χ1) is 9.15. The number of hydrogen-bond acceptors (Lipinski definition) is 2. The Bertz CT molecular complexity index is 359. The van der Waals surface area contributed by atoms with Crippen LogP contribution in [0.3, 0.4) is 0 Å². The maximum atomic E-state index is 11.7. The van der Waals surface area contributed by atoms with Crippen LogP contribution in [0.2, 0.25) is 0 Å². The van der Waals surface area contributed by atoms with Gasteiger partial charge in [0, 0.05) is 0 Å². The van der Waals surface area contributed by atoms with Crippen molar-refractivity contribution in [2.45, 2.75) is 46.5 Å². The number of unbranched alkanes of at least 4 members (excludes halogenated alkanes) is 1. The summed E-state index contributed by atoms with van der Waals surface area (Å²) >= 11 is 0. The Morgan fingerprint density at radius 3 is 2.37 bits per heavy atom. The minimum Gasteiger partial charge on any atom is -0.462 e. The van der Waals surface area contributed by atoms with Gasteiger partial charge in [0.15, 0.2) is 0 Å². The first kappa shape index (κ1) is 15.7. The minimum absolute atomic E-state index is 0.214. The van der Waals surface area contributed by atoms with E-state index in [4.69, 9.17) is 4.74 Å². The molecule has 0 radical (unpaired) electrons. The molecule has 0 aliphatic heterocycles. The van der Waals surface area contributed by atoms with Gasteiger partial charge in [-0.1, -0.05) is 58.2 Å². The molecule has 0 aromatic heterocycles. The first-order valence-electron chi connectivity index (χ1n) is 7.37. The van der Waals surface area contributed by atoms with E-state index in [1.807, 2.05) is 18.2 Å². The van der Waals surface area contributed by atoms with Gasteiger partial charge in [-0.15, -0.1) is 0 Å². The van der Waals surface area contributed by atoms with Crippen molar-refractivity contribution in [3.05, 3.63) is 35.9 Å². The third kappa shape index (κ3) is 5.91. The predicted molar refractivity (Wildman–Crippen MR) is 79.2 cm³/mol. The second kappa shape index (κ2) is 8.73. The van der Waals surface area contributed by atoms with Crippen LogP contribution in [0.1, 0.15) is 56.8 Å². The molecule has 0 N–H and O–H groups in total. The van der Waals surface area contributed by atoms with Crippen molar-refractivity contribution in [3.8, 4) is 0 Å². The molecule has 0 bridgehead atoms. The second-order valence-electron chi connectivity index (χ2n) is 5.39. The molecular weight excluding hydrogens is 236 g/mol. The van der Waals surface area contributed by atoms with E-state index in [9.17, 15) is 4.79 Å². The quantitative estimate of drug-likeness (QED) is 0.635. The molecule has 1 aromatic carbocycles. The number of carbonyl (C=O) groups excluding carboxylic acids is 1. The lowest BCUT2D eigenvalue weighted by Gasteiger charge is -2.19. The summed E-state index contributed by atoms with van der Waals surface area (Å²) in [6.07, 6.45) is 4.75. The van der Waals surface area contributed by atoms with E-state index in [-0.39, 0.29) is 5.97 Å². The van der Waals surface area contributed by atoms with Crippen molar-refractivity contribution in [1.82, 2.24) is 0 Å². The van der Waals surface area contributed by atoms with E-state index in [0.717, 1.165) is 6.42 Å². The Labute approximate surface area is 117 Å². The summed E-state index contributed by atoms with van der Waals surface area (Å²) in [4.78, 5) is 11.7. The molecule has 1 rings (SSSR count). The highest BCUT2D eigenvalue weighted by Gasteiger charge is 2.13. The maximum Gasteiger partial charge on any atom is 0.338 e. The molecule has 106 valence electrons. The topological polar surface area (TPSA) is 26.3 Å². The Hall–Kier alpha value is -1.31. The van der Waals surface area contributed by atoms with Crippen molar-refractivity contribution in [2.75, 3.05) is 6.61 Å². The van der Waals surface area contributed by atoms with Crippen LogP contribution in [0, 0.1) is 11.8 Å². The zero-order valence-electron chi connectivity index (χ0n) is 12.4. The monoisotopic (exact) mass is 262 g/mol. The summed E-state index contributed by atoms with van der Waals surface area (Å²) < 4.78 is 5.31. The summed E-state index contributed by atoms with van der Waals surface area (Å²) in [7, 11) is 0. The Kier molecular flexibility index (Phi) is 7.24. The van der Waals surface area contributed by atoms with Crippen LogP contribution in [0.25, 0.3) is 0 Å². The zero-order valence-corrected chi connectivity index (χ0v) is 12.4. The highest BCUT2D eigenvalue weighted by atomic mass is 16.5. The van der Waals surface area contributed by atoms with Gasteiger partial charge in [0.05, 0.1) is 12.2 Å². The van der Waals surface area contributed by atoms with Crippen LogP contribution in [-0.4, -0.2) is 12.6 Å². The molecule has 0 heterocycles. The summed E-state index contributed by atoms with van der Waals surface area (Å²) in [5.41, 5.74) is 0.634. The normalized spacial score (nSPS) is 13.8. The van der Waals surface area contributed by atoms with Crippen LogP contribution in [0.4, 0.5) is 0 Å². The molecule has 0 fully saturated rings. The lowest BCUT2D eigenvalue weighted by Crippen LogP contribution is -2.13. The van der Waals surface area contributed by atoms with Crippen LogP contribution in [0.15, 0.2) is 30.3 Å². The van der Waals surface area contributed by atoms with Gasteiger partial charge >= 0.3 is 5.97 Å². The van der Waals surface area contributed by atoms with Gasteiger partial charge in [-0.05, 0) is 30.4 Å². The van der Waals surface area contributed by atoms with Crippen molar-refractivity contribution in [2.24, 2.45) is 11.8 Å². The van der Waals surface area contributed by atoms with Crippen LogP contribution in [0.5, 0.6) is 0 Å². The van der Waals surface area contributed by atoms with E-state index in [1.54, 1.807) is 12.1 Å². The van der Waals surface area contributed by atoms with Gasteiger partial charge in [-0.2, -0.15) is 0 Å². The highest BCUT2D eigenvalue weighted by Crippen LogP contribution is 2.20. The molecule has 0 saturated heterocycles. The number of hydrogen-bond donors (Lipinski definition) is 0. The Balaban J connectivity index is 2.24. The molecule has 0 spiro atoms. The molecule has 2 nitrogen and oxygen atoms in total. The van der Waals surface area contributed by atoms with E-state index in [0.29, 0.717) is 24.0 Å². The summed E-state index contributed by atoms with van der Waals surface area (Å²) in [6.45, 7) is 7.28. The van der Waals surface area contributed by atoms with E-state index < -0.39 is 0 Å². The van der Waals surface area contributed by atoms with Crippen molar-refractivity contribution in [3.63, 3.8) is 0 Å². The summed E-state index contributed by atoms with van der Waals surface area (Å²) in [6, 6.07) is 9.18. The molecule has 19 heavy (non-hydrogen) atoms. The summed E-state index contributed by atoms with van der Waals surface area (Å²) in [5.74, 6) is 1.10. The van der Waals surface area contributed by atoms with E-state index >= 15 is 0 Å². The fourth-order valence-electron chi connectivity index (χ4n) is 2.09. The second-order valence-corrected chi connectivity index (χ2v) is 5.39. The largest absolute Gasteiger partial charge is 0.462 e. The maximum absolute atomic E-state index is 11.7. The van der Waals surface area contributed by atoms with Crippen LogP contribution >= 0.6 is 0 Å². The molecule has 2 atom stereocenters. The number of ether oxygens (including phenoxy) is 1. The molecule has 2 unspecified atom stereocenters. The molecule has 1 aromatic rings. The third-order valence-electron chi connectivity index (χ3n) is 3.80. The average molecular weight is 262 g/mol. The minimum atomic E-state index is -0.214. The van der Waals surface area contributed by atoms with Crippen LogP contribution in [-0.2, 0) is 4.74 Å². The fraction of sp³-hybridized carbons (Fsp3) is 0.588. The van der Waals surface area contributed by atoms with Gasteiger partial charge < -0.3 is 4.74 Å². The van der Waals surface area contributed by atoms with Crippen molar-refractivity contribution < 1.29 is 9.53 Å².